The SMILES string of the molecule is CCOC(=O)C1CCCN1c1cccc(Br)c1C(N)=S. The van der Waals surface area contributed by atoms with Crippen LogP contribution >= 0.6 is 28.1 Å². The number of carbonyl (C=O) groups is 1. The zero-order valence-electron chi connectivity index (χ0n) is 11.3. The molecule has 1 aromatic rings. The van der Waals surface area contributed by atoms with Crippen molar-refractivity contribution in [3.05, 3.63) is 28.2 Å². The molecule has 0 spiro atoms. The molecular formula is C14H17BrN2O2S. The van der Waals surface area contributed by atoms with E-state index in [0.717, 1.165) is 35.1 Å². The number of rotatable bonds is 4. The minimum absolute atomic E-state index is 0.182. The summed E-state index contributed by atoms with van der Waals surface area (Å²) in [6.45, 7) is 3.01. The molecule has 0 bridgehead atoms. The van der Waals surface area contributed by atoms with Crippen LogP contribution in [0.5, 0.6) is 0 Å². The Hall–Kier alpha value is -1.14. The summed E-state index contributed by atoms with van der Waals surface area (Å²) in [5.74, 6) is -0.182. The van der Waals surface area contributed by atoms with Gasteiger partial charge in [0.2, 0.25) is 0 Å². The number of nitrogens with zero attached hydrogens (tertiary/aromatic N) is 1. The van der Waals surface area contributed by atoms with Crippen molar-refractivity contribution in [1.29, 1.82) is 0 Å². The van der Waals surface area contributed by atoms with Gasteiger partial charge >= 0.3 is 5.97 Å². The highest BCUT2D eigenvalue weighted by Gasteiger charge is 2.33. The standard InChI is InChI=1S/C14H17BrN2O2S/c1-2-19-14(18)11-7-4-8-17(11)10-6-3-5-9(15)12(10)13(16)20/h3,5-6,11H,2,4,7-8H2,1H3,(H2,16,20). The third kappa shape index (κ3) is 2.96. The van der Waals surface area contributed by atoms with Crippen molar-refractivity contribution in [2.45, 2.75) is 25.8 Å². The molecule has 1 fully saturated rings. The molecule has 108 valence electrons. The van der Waals surface area contributed by atoms with E-state index in [1.807, 2.05) is 30.0 Å². The number of ether oxygens (including phenoxy) is 1. The van der Waals surface area contributed by atoms with Gasteiger partial charge in [0.05, 0.1) is 6.61 Å². The molecule has 1 atom stereocenters. The zero-order valence-corrected chi connectivity index (χ0v) is 13.7. The molecule has 0 aliphatic carbocycles. The number of carbonyl (C=O) groups excluding carboxylic acids is 1. The number of anilines is 1. The highest BCUT2D eigenvalue weighted by molar-refractivity contribution is 9.10. The summed E-state index contributed by atoms with van der Waals surface area (Å²) in [5, 5.41) is 0. The second kappa shape index (κ2) is 6.54. The molecule has 20 heavy (non-hydrogen) atoms. The maximum Gasteiger partial charge on any atom is 0.328 e. The fraction of sp³-hybridized carbons (Fsp3) is 0.429. The molecule has 6 heteroatoms. The Bertz CT molecular complexity index is 536. The number of benzene rings is 1. The molecule has 0 amide bonds. The molecule has 1 aromatic carbocycles. The summed E-state index contributed by atoms with van der Waals surface area (Å²) >= 11 is 8.61. The third-order valence-corrected chi connectivity index (χ3v) is 4.22. The fourth-order valence-corrected chi connectivity index (χ4v) is 3.45. The molecule has 0 radical (unpaired) electrons. The number of hydrogen-bond donors (Lipinski definition) is 1. The van der Waals surface area contributed by atoms with Gasteiger partial charge in [-0.15, -0.1) is 0 Å². The number of halogens is 1. The Labute approximate surface area is 132 Å². The van der Waals surface area contributed by atoms with Gasteiger partial charge < -0.3 is 15.4 Å². The second-order valence-electron chi connectivity index (χ2n) is 4.60. The quantitative estimate of drug-likeness (QED) is 0.663. The third-order valence-electron chi connectivity index (χ3n) is 3.36. The monoisotopic (exact) mass is 356 g/mol. The van der Waals surface area contributed by atoms with Gasteiger partial charge in [-0.25, -0.2) is 4.79 Å². The maximum absolute atomic E-state index is 12.1. The summed E-state index contributed by atoms with van der Waals surface area (Å²) in [6.07, 6.45) is 1.74. The predicted molar refractivity (Wildman–Crippen MR) is 87.0 cm³/mol. The average molecular weight is 357 g/mol. The van der Waals surface area contributed by atoms with E-state index in [-0.39, 0.29) is 12.0 Å². The van der Waals surface area contributed by atoms with Crippen LogP contribution < -0.4 is 10.6 Å². The van der Waals surface area contributed by atoms with Gasteiger partial charge in [0, 0.05) is 22.3 Å². The molecule has 0 saturated carbocycles. The largest absolute Gasteiger partial charge is 0.464 e. The van der Waals surface area contributed by atoms with Gasteiger partial charge in [-0.2, -0.15) is 0 Å². The van der Waals surface area contributed by atoms with Crippen molar-refractivity contribution < 1.29 is 9.53 Å². The van der Waals surface area contributed by atoms with Crippen LogP contribution in [0.2, 0.25) is 0 Å². The summed E-state index contributed by atoms with van der Waals surface area (Å²) in [7, 11) is 0. The van der Waals surface area contributed by atoms with Crippen LogP contribution in [0.25, 0.3) is 0 Å². The summed E-state index contributed by atoms with van der Waals surface area (Å²) in [6, 6.07) is 5.50. The van der Waals surface area contributed by atoms with Crippen LogP contribution in [0, 0.1) is 0 Å². The number of nitrogens with two attached hydrogens (primary N) is 1. The Morgan fingerprint density at radius 2 is 2.35 bits per heavy atom. The van der Waals surface area contributed by atoms with Crippen LogP contribution in [0.1, 0.15) is 25.3 Å². The van der Waals surface area contributed by atoms with Crippen molar-refractivity contribution in [3.8, 4) is 0 Å². The lowest BCUT2D eigenvalue weighted by atomic mass is 10.1. The van der Waals surface area contributed by atoms with E-state index < -0.39 is 0 Å². The topological polar surface area (TPSA) is 55.6 Å². The Morgan fingerprint density at radius 1 is 1.60 bits per heavy atom. The van der Waals surface area contributed by atoms with Gasteiger partial charge in [0.25, 0.3) is 0 Å². The van der Waals surface area contributed by atoms with Gasteiger partial charge in [0.1, 0.15) is 11.0 Å². The Balaban J connectivity index is 2.38. The van der Waals surface area contributed by atoms with E-state index in [9.17, 15) is 4.79 Å². The van der Waals surface area contributed by atoms with Crippen molar-refractivity contribution in [2.75, 3.05) is 18.1 Å². The first-order valence-corrected chi connectivity index (χ1v) is 7.78. The zero-order chi connectivity index (χ0) is 14.7. The average Bonchev–Trinajstić information content (AvgIpc) is 2.87. The molecular weight excluding hydrogens is 340 g/mol. The summed E-state index contributed by atoms with van der Waals surface area (Å²) in [4.78, 5) is 14.4. The molecule has 1 aliphatic heterocycles. The molecule has 2 rings (SSSR count). The van der Waals surface area contributed by atoms with Gasteiger partial charge in [0.15, 0.2) is 0 Å². The van der Waals surface area contributed by atoms with E-state index in [4.69, 9.17) is 22.7 Å². The molecule has 0 aromatic heterocycles. The van der Waals surface area contributed by atoms with Crippen molar-refractivity contribution >= 4 is 44.8 Å². The first kappa shape index (κ1) is 15.3. The summed E-state index contributed by atoms with van der Waals surface area (Å²) < 4.78 is 6.00. The van der Waals surface area contributed by atoms with Crippen molar-refractivity contribution in [2.24, 2.45) is 5.73 Å². The number of esters is 1. The first-order valence-electron chi connectivity index (χ1n) is 6.57. The van der Waals surface area contributed by atoms with Crippen LogP contribution in [0.3, 0.4) is 0 Å². The van der Waals surface area contributed by atoms with Gasteiger partial charge in [-0.05, 0) is 47.8 Å². The Kier molecular flexibility index (Phi) is 4.99. The number of thiocarbonyl (C=S) groups is 1. The lowest BCUT2D eigenvalue weighted by Crippen LogP contribution is -2.38. The van der Waals surface area contributed by atoms with E-state index >= 15 is 0 Å². The van der Waals surface area contributed by atoms with Crippen LogP contribution in [0.15, 0.2) is 22.7 Å². The normalized spacial score (nSPS) is 18.1. The van der Waals surface area contributed by atoms with Gasteiger partial charge in [-0.3, -0.25) is 0 Å². The van der Waals surface area contributed by atoms with Crippen LogP contribution in [0.4, 0.5) is 5.69 Å². The predicted octanol–water partition coefficient (Wildman–Crippen LogP) is 2.62. The molecule has 1 saturated heterocycles. The van der Waals surface area contributed by atoms with Crippen LogP contribution in [-0.4, -0.2) is 30.2 Å². The van der Waals surface area contributed by atoms with Crippen molar-refractivity contribution in [3.63, 3.8) is 0 Å². The minimum atomic E-state index is -0.252. The van der Waals surface area contributed by atoms with Gasteiger partial charge in [-0.1, -0.05) is 18.3 Å². The molecule has 1 aliphatic rings. The highest BCUT2D eigenvalue weighted by atomic mass is 79.9. The second-order valence-corrected chi connectivity index (χ2v) is 5.90. The molecule has 1 heterocycles. The molecule has 4 nitrogen and oxygen atoms in total. The van der Waals surface area contributed by atoms with Crippen molar-refractivity contribution in [1.82, 2.24) is 0 Å². The fourth-order valence-electron chi connectivity index (χ4n) is 2.53. The lowest BCUT2D eigenvalue weighted by Gasteiger charge is -2.27. The Morgan fingerprint density at radius 3 is 3.00 bits per heavy atom. The lowest BCUT2D eigenvalue weighted by molar-refractivity contribution is -0.144. The minimum Gasteiger partial charge on any atom is -0.464 e. The van der Waals surface area contributed by atoms with Crippen LogP contribution in [-0.2, 0) is 9.53 Å². The van der Waals surface area contributed by atoms with E-state index in [0.29, 0.717) is 11.6 Å². The number of hydrogen-bond acceptors (Lipinski definition) is 4. The van der Waals surface area contributed by atoms with E-state index in [1.165, 1.54) is 0 Å². The summed E-state index contributed by atoms with van der Waals surface area (Å²) in [5.41, 5.74) is 7.49. The molecule has 1 unspecified atom stereocenters. The maximum atomic E-state index is 12.1. The van der Waals surface area contributed by atoms with E-state index in [2.05, 4.69) is 15.9 Å². The first-order chi connectivity index (χ1) is 9.56. The van der Waals surface area contributed by atoms with E-state index in [1.54, 1.807) is 0 Å². The highest BCUT2D eigenvalue weighted by Crippen LogP contribution is 2.33. The smallest absolute Gasteiger partial charge is 0.328 e. The molecule has 2 N–H and O–H groups in total.